The maximum atomic E-state index is 12.1. The zero-order valence-corrected chi connectivity index (χ0v) is 14.8. The zero-order valence-electron chi connectivity index (χ0n) is 13.2. The number of nitrogens with two attached hydrogens (primary N) is 1. The number of hydrogen-bond donors (Lipinski definition) is 2. The van der Waals surface area contributed by atoms with Gasteiger partial charge in [-0.1, -0.05) is 12.8 Å². The summed E-state index contributed by atoms with van der Waals surface area (Å²) in [6.45, 7) is 3.31. The molecule has 2 fully saturated rings. The maximum absolute atomic E-state index is 12.1. The van der Waals surface area contributed by atoms with Crippen LogP contribution in [0.5, 0.6) is 0 Å². The van der Waals surface area contributed by atoms with E-state index >= 15 is 0 Å². The van der Waals surface area contributed by atoms with Crippen molar-refractivity contribution in [1.29, 1.82) is 0 Å². The minimum atomic E-state index is 0. The molecular formula is C15H31Cl2N3O. The second-order valence-corrected chi connectivity index (χ2v) is 6.53. The highest BCUT2D eigenvalue weighted by Gasteiger charge is 2.27. The number of piperidine rings is 1. The molecule has 0 radical (unpaired) electrons. The Hall–Kier alpha value is -0.0300. The summed E-state index contributed by atoms with van der Waals surface area (Å²) in [7, 11) is 2.16. The molecule has 0 aromatic carbocycles. The van der Waals surface area contributed by atoms with E-state index in [0.717, 1.165) is 32.2 Å². The molecule has 4 nitrogen and oxygen atoms in total. The molecule has 1 saturated carbocycles. The SMILES string of the molecule is CC1CC(NC(=O)CC2CCCCC2N)CCN1C.Cl.Cl. The van der Waals surface area contributed by atoms with E-state index in [-0.39, 0.29) is 36.8 Å². The second-order valence-electron chi connectivity index (χ2n) is 6.53. The molecule has 1 saturated heterocycles. The van der Waals surface area contributed by atoms with E-state index in [1.54, 1.807) is 0 Å². The van der Waals surface area contributed by atoms with E-state index in [2.05, 4.69) is 24.2 Å². The summed E-state index contributed by atoms with van der Waals surface area (Å²) in [5.41, 5.74) is 6.11. The third-order valence-electron chi connectivity index (χ3n) is 4.99. The van der Waals surface area contributed by atoms with Gasteiger partial charge in [0.15, 0.2) is 0 Å². The molecule has 2 rings (SSSR count). The van der Waals surface area contributed by atoms with Crippen LogP contribution in [0.4, 0.5) is 0 Å². The number of rotatable bonds is 3. The van der Waals surface area contributed by atoms with Gasteiger partial charge in [-0.3, -0.25) is 4.79 Å². The standard InChI is InChI=1S/C15H29N3O.2ClH/c1-11-9-13(7-8-18(11)2)17-15(19)10-12-5-3-4-6-14(12)16;;/h11-14H,3-10,16H2,1-2H3,(H,17,19);2*1H. The fraction of sp³-hybridized carbons (Fsp3) is 0.933. The Morgan fingerprint density at radius 3 is 2.52 bits per heavy atom. The highest BCUT2D eigenvalue weighted by Crippen LogP contribution is 2.25. The van der Waals surface area contributed by atoms with Gasteiger partial charge in [-0.05, 0) is 45.6 Å². The molecule has 126 valence electrons. The smallest absolute Gasteiger partial charge is 0.220 e. The normalized spacial score (nSPS) is 33.5. The zero-order chi connectivity index (χ0) is 13.8. The molecular weight excluding hydrogens is 309 g/mol. The van der Waals surface area contributed by atoms with Crippen LogP contribution in [0, 0.1) is 5.92 Å². The fourth-order valence-corrected chi connectivity index (χ4v) is 3.44. The van der Waals surface area contributed by atoms with Gasteiger partial charge >= 0.3 is 0 Å². The van der Waals surface area contributed by atoms with Crippen LogP contribution in [0.2, 0.25) is 0 Å². The number of amides is 1. The van der Waals surface area contributed by atoms with Crippen LogP contribution in [-0.2, 0) is 4.79 Å². The van der Waals surface area contributed by atoms with E-state index in [1.807, 2.05) is 0 Å². The first-order valence-electron chi connectivity index (χ1n) is 7.81. The number of halogens is 2. The topological polar surface area (TPSA) is 58.4 Å². The molecule has 6 heteroatoms. The van der Waals surface area contributed by atoms with Gasteiger partial charge in [0, 0.05) is 31.1 Å². The molecule has 0 spiro atoms. The highest BCUT2D eigenvalue weighted by atomic mass is 35.5. The molecule has 2 aliphatic rings. The van der Waals surface area contributed by atoms with Gasteiger partial charge in [0.2, 0.25) is 5.91 Å². The van der Waals surface area contributed by atoms with Crippen LogP contribution in [-0.4, -0.2) is 42.5 Å². The second kappa shape index (κ2) is 9.88. The van der Waals surface area contributed by atoms with Gasteiger partial charge in [-0.2, -0.15) is 0 Å². The first kappa shape index (κ1) is 21.0. The van der Waals surface area contributed by atoms with Crippen molar-refractivity contribution >= 4 is 30.7 Å². The summed E-state index contributed by atoms with van der Waals surface area (Å²) >= 11 is 0. The number of carbonyl (C=O) groups excluding carboxylic acids is 1. The van der Waals surface area contributed by atoms with E-state index < -0.39 is 0 Å². The van der Waals surface area contributed by atoms with Crippen molar-refractivity contribution in [2.24, 2.45) is 11.7 Å². The Morgan fingerprint density at radius 1 is 1.24 bits per heavy atom. The van der Waals surface area contributed by atoms with Crippen molar-refractivity contribution in [1.82, 2.24) is 10.2 Å². The van der Waals surface area contributed by atoms with Crippen molar-refractivity contribution in [3.63, 3.8) is 0 Å². The largest absolute Gasteiger partial charge is 0.353 e. The van der Waals surface area contributed by atoms with Crippen LogP contribution in [0.1, 0.15) is 51.9 Å². The van der Waals surface area contributed by atoms with Crippen LogP contribution in [0.15, 0.2) is 0 Å². The molecule has 4 unspecified atom stereocenters. The monoisotopic (exact) mass is 339 g/mol. The van der Waals surface area contributed by atoms with Crippen molar-refractivity contribution in [2.45, 2.75) is 70.0 Å². The summed E-state index contributed by atoms with van der Waals surface area (Å²) in [6, 6.07) is 1.16. The number of nitrogens with zero attached hydrogens (tertiary/aromatic N) is 1. The molecule has 1 aliphatic heterocycles. The molecule has 0 aromatic rings. The van der Waals surface area contributed by atoms with Crippen LogP contribution >= 0.6 is 24.8 Å². The minimum Gasteiger partial charge on any atom is -0.353 e. The van der Waals surface area contributed by atoms with Crippen molar-refractivity contribution in [3.8, 4) is 0 Å². The van der Waals surface area contributed by atoms with Crippen molar-refractivity contribution in [2.75, 3.05) is 13.6 Å². The Balaban J connectivity index is 0.00000200. The summed E-state index contributed by atoms with van der Waals surface area (Å²) < 4.78 is 0. The van der Waals surface area contributed by atoms with Gasteiger partial charge in [-0.25, -0.2) is 0 Å². The fourth-order valence-electron chi connectivity index (χ4n) is 3.44. The molecule has 0 bridgehead atoms. The third kappa shape index (κ3) is 6.31. The lowest BCUT2D eigenvalue weighted by molar-refractivity contribution is -0.123. The van der Waals surface area contributed by atoms with E-state index in [0.29, 0.717) is 24.4 Å². The van der Waals surface area contributed by atoms with Crippen LogP contribution < -0.4 is 11.1 Å². The first-order valence-corrected chi connectivity index (χ1v) is 7.81. The quantitative estimate of drug-likeness (QED) is 0.829. The van der Waals surface area contributed by atoms with E-state index in [4.69, 9.17) is 5.73 Å². The van der Waals surface area contributed by atoms with Gasteiger partial charge < -0.3 is 16.0 Å². The van der Waals surface area contributed by atoms with Crippen molar-refractivity contribution < 1.29 is 4.79 Å². The van der Waals surface area contributed by atoms with Gasteiger partial charge in [0.05, 0.1) is 0 Å². The molecule has 1 aliphatic carbocycles. The third-order valence-corrected chi connectivity index (χ3v) is 4.99. The Kier molecular flexibility index (Phi) is 9.87. The summed E-state index contributed by atoms with van der Waals surface area (Å²) in [5.74, 6) is 0.613. The Morgan fingerprint density at radius 2 is 1.90 bits per heavy atom. The van der Waals surface area contributed by atoms with Gasteiger partial charge in [0.1, 0.15) is 0 Å². The lowest BCUT2D eigenvalue weighted by Crippen LogP contribution is -2.48. The average Bonchev–Trinajstić information content (AvgIpc) is 2.37. The maximum Gasteiger partial charge on any atom is 0.220 e. The lowest BCUT2D eigenvalue weighted by atomic mass is 9.82. The molecule has 4 atom stereocenters. The lowest BCUT2D eigenvalue weighted by Gasteiger charge is -2.36. The van der Waals surface area contributed by atoms with E-state index in [1.165, 1.54) is 12.8 Å². The number of nitrogens with one attached hydrogen (secondary N) is 1. The summed E-state index contributed by atoms with van der Waals surface area (Å²) in [4.78, 5) is 14.5. The predicted molar refractivity (Wildman–Crippen MR) is 92.3 cm³/mol. The first-order chi connectivity index (χ1) is 9.06. The molecule has 21 heavy (non-hydrogen) atoms. The van der Waals surface area contributed by atoms with Gasteiger partial charge in [-0.15, -0.1) is 24.8 Å². The average molecular weight is 340 g/mol. The minimum absolute atomic E-state index is 0. The Labute approximate surface area is 141 Å². The highest BCUT2D eigenvalue weighted by molar-refractivity contribution is 5.85. The molecule has 0 aromatic heterocycles. The number of carbonyl (C=O) groups is 1. The van der Waals surface area contributed by atoms with Crippen LogP contribution in [0.25, 0.3) is 0 Å². The molecule has 3 N–H and O–H groups in total. The molecule has 1 heterocycles. The number of likely N-dealkylation sites (tertiary alicyclic amines) is 1. The Bertz CT molecular complexity index is 317. The van der Waals surface area contributed by atoms with Gasteiger partial charge in [0.25, 0.3) is 0 Å². The van der Waals surface area contributed by atoms with Crippen LogP contribution in [0.3, 0.4) is 0 Å². The molecule has 1 amide bonds. The van der Waals surface area contributed by atoms with E-state index in [9.17, 15) is 4.79 Å². The summed E-state index contributed by atoms with van der Waals surface area (Å²) in [5, 5.41) is 3.22. The number of hydrogen-bond acceptors (Lipinski definition) is 3. The summed E-state index contributed by atoms with van der Waals surface area (Å²) in [6.07, 6.45) is 7.44. The van der Waals surface area contributed by atoms with Crippen molar-refractivity contribution in [3.05, 3.63) is 0 Å². The predicted octanol–water partition coefficient (Wildman–Crippen LogP) is 2.34.